The van der Waals surface area contributed by atoms with Crippen molar-refractivity contribution in [2.45, 2.75) is 213 Å². The molecule has 16 heteroatoms. The van der Waals surface area contributed by atoms with Crippen LogP contribution < -0.4 is 0 Å². The van der Waals surface area contributed by atoms with Crippen molar-refractivity contribution < 1.29 is 5.11 Å². The highest BCUT2D eigenvalue weighted by Gasteiger charge is 2.43. The monoisotopic (exact) mass is 1390 g/mol. The summed E-state index contributed by atoms with van der Waals surface area (Å²) >= 11 is 0. The first-order valence-electron chi connectivity index (χ1n) is 39.1. The Bertz CT molecular complexity index is 5060. The van der Waals surface area contributed by atoms with Gasteiger partial charge in [-0.2, -0.15) is 0 Å². The van der Waals surface area contributed by atoms with Crippen LogP contribution in [0.4, 0.5) is 0 Å². The highest BCUT2D eigenvalue weighted by atomic mass is 16.3. The van der Waals surface area contributed by atoms with E-state index in [1.54, 1.807) is 11.1 Å². The maximum atomic E-state index is 11.4. The number of aliphatic hydroxyl groups is 1. The van der Waals surface area contributed by atoms with Gasteiger partial charge in [-0.3, -0.25) is 39.5 Å². The third-order valence-electron chi connectivity index (χ3n) is 24.9. The molecule has 11 aromatic heterocycles. The minimum atomic E-state index is -0.965. The fraction of sp³-hybridized carbons (Fsp3) is 0.443. The van der Waals surface area contributed by atoms with Crippen molar-refractivity contribution in [3.63, 3.8) is 0 Å². The lowest BCUT2D eigenvalue weighted by Gasteiger charge is -2.37. The van der Waals surface area contributed by atoms with E-state index in [2.05, 4.69) is 163 Å². The Kier molecular flexibility index (Phi) is 19.0. The summed E-state index contributed by atoms with van der Waals surface area (Å²) in [6, 6.07) is 39.2. The number of para-hydroxylation sites is 1. The lowest BCUT2D eigenvalue weighted by atomic mass is 9.89. The predicted octanol–water partition coefficient (Wildman–Crippen LogP) is 15.5. The van der Waals surface area contributed by atoms with Gasteiger partial charge in [-0.1, -0.05) is 48.9 Å². The molecule has 1 N–H and O–H groups in total. The van der Waals surface area contributed by atoms with Crippen molar-refractivity contribution in [2.75, 3.05) is 39.8 Å². The summed E-state index contributed by atoms with van der Waals surface area (Å²) in [5, 5.41) is 16.9. The molecule has 6 unspecified atom stereocenters. The van der Waals surface area contributed by atoms with E-state index in [9.17, 15) is 5.11 Å². The van der Waals surface area contributed by atoms with E-state index in [4.69, 9.17) is 15.0 Å². The maximum absolute atomic E-state index is 11.4. The van der Waals surface area contributed by atoms with Crippen molar-refractivity contribution in [2.24, 2.45) is 0 Å². The number of benzene rings is 1. The first kappa shape index (κ1) is 68.3. The Morgan fingerprint density at radius 1 is 0.462 bits per heavy atom. The van der Waals surface area contributed by atoms with Crippen molar-refractivity contribution in [1.29, 1.82) is 0 Å². The second-order valence-corrected chi connectivity index (χ2v) is 31.7. The van der Waals surface area contributed by atoms with E-state index in [0.29, 0.717) is 30.6 Å². The smallest absolute Gasteiger partial charge is 0.140 e. The quantitative estimate of drug-likeness (QED) is 0.124. The standard InChI is InChI=1S/C24H29N3O.C22H26N4.2C21H24N4/c1-16-11-12-17(13-25-16)24(2,28)15-27-22-9-5-4-7-18(22)20-14-26(3)21-10-6-8-19(21)23(20)27;1-15-12-18-21-19-4-3-9-25(19)10-8-20(21)26(22(18)24-13-15)11-7-17-6-5-16(2)23-14-17;1-15-6-7-16(13-23-15)8-11-25-20-12-17-4-3-10-24(17)14-19(20)18-5-2-9-22-21(18)25;1-15-6-7-16(14-23-15)8-13-25-19-9-12-24-11-3-5-18(24)20(19)17-4-2-10-22-21(17)25/h4-5,7,9,11-13,19,21,28H,6,8,10,14-15H2,1-3H3;5-6,12-14,19H,3-4,7-11H2,1-2H3;2,5-7,9,13,17H,3-4,8,10-12,14H2,1H3;2,4,6-7,10,14,18H,3,5,8-9,11-13H2,1H3. The third-order valence-corrected chi connectivity index (χ3v) is 24.9. The molecule has 4 fully saturated rings. The van der Waals surface area contributed by atoms with Gasteiger partial charge in [-0.15, -0.1) is 0 Å². The number of aromatic nitrogens is 11. The third kappa shape index (κ3) is 13.2. The van der Waals surface area contributed by atoms with Crippen LogP contribution in [-0.2, 0) is 83.4 Å². The molecular formula is C88H103N15O. The molecule has 8 aliphatic rings. The van der Waals surface area contributed by atoms with Crippen LogP contribution in [0.25, 0.3) is 44.0 Å². The Morgan fingerprint density at radius 3 is 1.61 bits per heavy atom. The molecule has 1 aliphatic carbocycles. The van der Waals surface area contributed by atoms with E-state index in [-0.39, 0.29) is 0 Å². The topological polar surface area (TPSA) is 143 Å². The van der Waals surface area contributed by atoms with E-state index in [1.165, 1.54) is 191 Å². The zero-order valence-electron chi connectivity index (χ0n) is 62.3. The predicted molar refractivity (Wildman–Crippen MR) is 416 cm³/mol. The summed E-state index contributed by atoms with van der Waals surface area (Å²) in [5.74, 6) is 0.563. The number of pyridine rings is 7. The second-order valence-electron chi connectivity index (χ2n) is 31.7. The molecule has 7 aliphatic heterocycles. The lowest BCUT2D eigenvalue weighted by Crippen LogP contribution is -2.39. The van der Waals surface area contributed by atoms with Crippen LogP contribution in [-0.4, -0.2) is 130 Å². The van der Waals surface area contributed by atoms with Gasteiger partial charge in [0.1, 0.15) is 22.5 Å². The molecule has 0 amide bonds. The SMILES string of the molecule is Cc1ccc(C(C)(O)Cn2c3c(c4ccccc42)CN(C)C2CCCC32)cn1.Cc1ccc(CCn2c3c(c4cccnc42)C2CCCN2CC3)cn1.Cc1ccc(CCn2c3c(c4cccnc42)CN2CCCC2C3)cn1.Cc1cnc2c(c1)c1c(n2CCc2ccc(C)nc2)CCN2CCCC12. The molecule has 16 nitrogen and oxygen atoms in total. The summed E-state index contributed by atoms with van der Waals surface area (Å²) in [4.78, 5) is 42.7. The molecular weight excluding hydrogens is 1280 g/mol. The van der Waals surface area contributed by atoms with Gasteiger partial charge in [0.15, 0.2) is 0 Å². The molecule has 12 aromatic rings. The molecule has 0 spiro atoms. The summed E-state index contributed by atoms with van der Waals surface area (Å²) in [6.07, 6.45) is 32.0. The van der Waals surface area contributed by atoms with Gasteiger partial charge in [0.05, 0.1) is 6.54 Å². The zero-order chi connectivity index (χ0) is 70.7. The maximum Gasteiger partial charge on any atom is 0.140 e. The van der Waals surface area contributed by atoms with Crippen LogP contribution in [0.1, 0.15) is 178 Å². The highest BCUT2D eigenvalue weighted by Crippen LogP contribution is 2.49. The van der Waals surface area contributed by atoms with Crippen molar-refractivity contribution >= 4 is 44.0 Å². The van der Waals surface area contributed by atoms with Gasteiger partial charge in [0.25, 0.3) is 0 Å². The number of hydrogen-bond acceptors (Lipinski definition) is 12. The first-order valence-corrected chi connectivity index (χ1v) is 39.1. The highest BCUT2D eigenvalue weighted by molar-refractivity contribution is 5.87. The summed E-state index contributed by atoms with van der Waals surface area (Å²) in [7, 11) is 2.27. The number of aryl methyl sites for hydroxylation is 11. The fourth-order valence-electron chi connectivity index (χ4n) is 19.6. The zero-order valence-corrected chi connectivity index (χ0v) is 62.3. The van der Waals surface area contributed by atoms with Crippen LogP contribution in [0.2, 0.25) is 0 Å². The van der Waals surface area contributed by atoms with Crippen molar-refractivity contribution in [3.8, 4) is 0 Å². The van der Waals surface area contributed by atoms with Gasteiger partial charge in [-0.25, -0.2) is 15.0 Å². The minimum absolute atomic E-state index is 0.556. The molecule has 6 atom stereocenters. The fourth-order valence-corrected chi connectivity index (χ4v) is 19.6. The average molecular weight is 1390 g/mol. The molecule has 0 radical (unpaired) electrons. The van der Waals surface area contributed by atoms with Crippen LogP contribution in [0.5, 0.6) is 0 Å². The average Bonchev–Trinajstić information content (AvgIpc) is 1.63. The minimum Gasteiger partial charge on any atom is -0.384 e. The Labute approximate surface area is 613 Å². The van der Waals surface area contributed by atoms with Crippen molar-refractivity contribution in [3.05, 3.63) is 242 Å². The molecule has 20 rings (SSSR count). The molecule has 104 heavy (non-hydrogen) atoms. The molecule has 1 aromatic carbocycles. The van der Waals surface area contributed by atoms with Crippen LogP contribution >= 0.6 is 0 Å². The Hall–Kier alpha value is -8.77. The van der Waals surface area contributed by atoms with E-state index in [1.807, 2.05) is 90.1 Å². The summed E-state index contributed by atoms with van der Waals surface area (Å²) in [5.41, 5.74) is 26.2. The molecule has 536 valence electrons. The largest absolute Gasteiger partial charge is 0.384 e. The lowest BCUT2D eigenvalue weighted by molar-refractivity contribution is 0.0373. The van der Waals surface area contributed by atoms with E-state index in [0.717, 1.165) is 105 Å². The molecule has 3 saturated heterocycles. The Morgan fingerprint density at radius 2 is 1.00 bits per heavy atom. The number of hydrogen-bond donors (Lipinski definition) is 1. The molecule has 0 bridgehead atoms. The summed E-state index contributed by atoms with van der Waals surface area (Å²) < 4.78 is 9.89. The van der Waals surface area contributed by atoms with E-state index < -0.39 is 5.60 Å². The van der Waals surface area contributed by atoms with Gasteiger partial charge in [0.2, 0.25) is 0 Å². The summed E-state index contributed by atoms with van der Waals surface area (Å²) in [6.45, 7) is 23.9. The van der Waals surface area contributed by atoms with Crippen LogP contribution in [0.15, 0.2) is 147 Å². The van der Waals surface area contributed by atoms with E-state index >= 15 is 0 Å². The normalized spacial score (nSPS) is 21.0. The molecule has 18 heterocycles. The number of fused-ring (bicyclic) bond motifs is 19. The van der Waals surface area contributed by atoms with Gasteiger partial charge >= 0.3 is 0 Å². The number of nitrogens with zero attached hydrogens (tertiary/aromatic N) is 15. The van der Waals surface area contributed by atoms with Crippen molar-refractivity contribution in [1.82, 2.24) is 72.8 Å². The Balaban J connectivity index is 0.000000103. The number of likely N-dealkylation sites (N-methyl/N-ethyl adjacent to an activating group) is 1. The van der Waals surface area contributed by atoms with Gasteiger partial charge < -0.3 is 23.4 Å². The van der Waals surface area contributed by atoms with Gasteiger partial charge in [0, 0.05) is 217 Å². The molecule has 1 saturated carbocycles. The van der Waals surface area contributed by atoms with Crippen LogP contribution in [0.3, 0.4) is 0 Å². The van der Waals surface area contributed by atoms with Crippen LogP contribution in [0, 0.1) is 34.6 Å². The first-order chi connectivity index (χ1) is 50.8. The van der Waals surface area contributed by atoms with Gasteiger partial charge in [-0.05, 0) is 244 Å². The number of rotatable bonds is 12. The second kappa shape index (κ2) is 28.9.